The van der Waals surface area contributed by atoms with E-state index >= 15 is 0 Å². The fourth-order valence-corrected chi connectivity index (χ4v) is 5.53. The Balaban J connectivity index is 1.20. The minimum Gasteiger partial charge on any atom is -0.441 e. The zero-order valence-corrected chi connectivity index (χ0v) is 25.9. The van der Waals surface area contributed by atoms with Crippen LogP contribution in [0.3, 0.4) is 0 Å². The molecule has 1 aliphatic heterocycles. The molecule has 3 amide bonds. The normalized spacial score (nSPS) is 15.5. The number of hydrogen-bond donors (Lipinski definition) is 3. The SMILES string of the molecule is Cc1ccccc1CC(OC(=O)NCCCCCC(=O)NCCCCCC(=O)N1CC[C@@H](O[P+](=O)O)C1)c1ccccc1. The Labute approximate surface area is 255 Å². The first-order valence-corrected chi connectivity index (χ1v) is 16.4. The van der Waals surface area contributed by atoms with Crippen LogP contribution in [0.25, 0.3) is 0 Å². The second-order valence-electron chi connectivity index (χ2n) is 10.9. The van der Waals surface area contributed by atoms with Gasteiger partial charge in [-0.3, -0.25) is 9.59 Å². The number of benzene rings is 2. The summed E-state index contributed by atoms with van der Waals surface area (Å²) in [6.45, 7) is 4.03. The summed E-state index contributed by atoms with van der Waals surface area (Å²) in [4.78, 5) is 47.4. The number of ether oxygens (including phenoxy) is 1. The second-order valence-corrected chi connectivity index (χ2v) is 11.6. The van der Waals surface area contributed by atoms with E-state index < -0.39 is 14.3 Å². The third-order valence-corrected chi connectivity index (χ3v) is 8.04. The number of alkyl carbamates (subject to hydrolysis) is 1. The summed E-state index contributed by atoms with van der Waals surface area (Å²) < 4.78 is 21.5. The molecule has 0 bridgehead atoms. The Kier molecular flexibility index (Phi) is 15.1. The van der Waals surface area contributed by atoms with E-state index in [-0.39, 0.29) is 24.0 Å². The molecule has 1 heterocycles. The third kappa shape index (κ3) is 13.2. The van der Waals surface area contributed by atoms with Gasteiger partial charge in [0, 0.05) is 43.5 Å². The Bertz CT molecular complexity index is 1180. The lowest BCUT2D eigenvalue weighted by molar-refractivity contribution is -0.130. The fourth-order valence-electron chi connectivity index (χ4n) is 5.10. The highest BCUT2D eigenvalue weighted by Crippen LogP contribution is 2.25. The molecular weight excluding hydrogens is 569 g/mol. The van der Waals surface area contributed by atoms with Crippen molar-refractivity contribution in [3.05, 3.63) is 71.3 Å². The Morgan fingerprint density at radius 1 is 0.930 bits per heavy atom. The number of aryl methyl sites for hydroxylation is 1. The number of nitrogens with zero attached hydrogens (tertiary/aromatic N) is 1. The number of rotatable bonds is 18. The van der Waals surface area contributed by atoms with Crippen LogP contribution in [0.4, 0.5) is 4.79 Å². The van der Waals surface area contributed by atoms with Gasteiger partial charge in [0.05, 0.1) is 6.54 Å². The fraction of sp³-hybridized carbons (Fsp3) is 0.531. The molecule has 0 spiro atoms. The van der Waals surface area contributed by atoms with Crippen molar-refractivity contribution >= 4 is 26.2 Å². The van der Waals surface area contributed by atoms with E-state index in [1.165, 1.54) is 0 Å². The van der Waals surface area contributed by atoms with Crippen molar-refractivity contribution in [1.82, 2.24) is 15.5 Å². The van der Waals surface area contributed by atoms with Crippen molar-refractivity contribution in [3.63, 3.8) is 0 Å². The van der Waals surface area contributed by atoms with Crippen LogP contribution >= 0.6 is 8.25 Å². The van der Waals surface area contributed by atoms with Gasteiger partial charge in [0.25, 0.3) is 0 Å². The highest BCUT2D eigenvalue weighted by Gasteiger charge is 2.32. The number of hydrogen-bond acceptors (Lipinski definition) is 6. The largest absolute Gasteiger partial charge is 0.695 e. The van der Waals surface area contributed by atoms with E-state index in [4.69, 9.17) is 14.2 Å². The van der Waals surface area contributed by atoms with Crippen LogP contribution in [0, 0.1) is 6.92 Å². The molecule has 0 aliphatic carbocycles. The van der Waals surface area contributed by atoms with Gasteiger partial charge < -0.3 is 20.3 Å². The Morgan fingerprint density at radius 2 is 1.60 bits per heavy atom. The minimum absolute atomic E-state index is 0.00989. The maximum Gasteiger partial charge on any atom is 0.695 e. The van der Waals surface area contributed by atoms with Gasteiger partial charge in [-0.05, 0) is 55.7 Å². The van der Waals surface area contributed by atoms with Crippen LogP contribution in [-0.2, 0) is 29.8 Å². The maximum absolute atomic E-state index is 12.5. The lowest BCUT2D eigenvalue weighted by Gasteiger charge is -2.20. The summed E-state index contributed by atoms with van der Waals surface area (Å²) in [6, 6.07) is 17.9. The van der Waals surface area contributed by atoms with Crippen molar-refractivity contribution in [3.8, 4) is 0 Å². The van der Waals surface area contributed by atoms with Gasteiger partial charge in [-0.2, -0.15) is 0 Å². The molecule has 43 heavy (non-hydrogen) atoms. The number of nitrogens with one attached hydrogen (secondary N) is 2. The van der Waals surface area contributed by atoms with E-state index in [1.54, 1.807) is 4.90 Å². The zero-order chi connectivity index (χ0) is 30.9. The predicted octanol–water partition coefficient (Wildman–Crippen LogP) is 5.51. The van der Waals surface area contributed by atoms with Crippen LogP contribution < -0.4 is 10.6 Å². The van der Waals surface area contributed by atoms with Crippen molar-refractivity contribution in [2.45, 2.75) is 83.3 Å². The first-order chi connectivity index (χ1) is 20.8. The molecule has 10 nitrogen and oxygen atoms in total. The van der Waals surface area contributed by atoms with Crippen LogP contribution in [0.1, 0.15) is 80.6 Å². The van der Waals surface area contributed by atoms with Gasteiger partial charge in [-0.25, -0.2) is 4.79 Å². The topological polar surface area (TPSA) is 134 Å². The van der Waals surface area contributed by atoms with Crippen LogP contribution in [0.5, 0.6) is 0 Å². The summed E-state index contributed by atoms with van der Waals surface area (Å²) >= 11 is 0. The van der Waals surface area contributed by atoms with Gasteiger partial charge in [0.1, 0.15) is 12.2 Å². The summed E-state index contributed by atoms with van der Waals surface area (Å²) in [5.41, 5.74) is 3.25. The average Bonchev–Trinajstić information content (AvgIpc) is 3.45. The van der Waals surface area contributed by atoms with E-state index in [9.17, 15) is 18.9 Å². The lowest BCUT2D eigenvalue weighted by Crippen LogP contribution is -2.29. The molecule has 1 aliphatic rings. The average molecular weight is 615 g/mol. The number of likely N-dealkylation sites (tertiary alicyclic amines) is 1. The third-order valence-electron chi connectivity index (χ3n) is 7.56. The molecule has 0 aromatic heterocycles. The Morgan fingerprint density at radius 3 is 2.33 bits per heavy atom. The smallest absolute Gasteiger partial charge is 0.441 e. The van der Waals surface area contributed by atoms with Crippen molar-refractivity contribution in [1.29, 1.82) is 0 Å². The summed E-state index contributed by atoms with van der Waals surface area (Å²) in [5.74, 6) is 0.0417. The quantitative estimate of drug-likeness (QED) is 0.149. The van der Waals surface area contributed by atoms with E-state index in [0.717, 1.165) is 55.2 Å². The van der Waals surface area contributed by atoms with Gasteiger partial charge >= 0.3 is 14.3 Å². The van der Waals surface area contributed by atoms with Crippen LogP contribution in [-0.4, -0.2) is 60.0 Å². The summed E-state index contributed by atoms with van der Waals surface area (Å²) in [5, 5.41) is 5.77. The van der Waals surface area contributed by atoms with Gasteiger partial charge in [0.2, 0.25) is 11.8 Å². The standard InChI is InChI=1S/C32H44N3O7P/c1-25-13-9-10-16-27(25)23-29(26-14-5-2-6-15-26)41-32(38)34-21-12-3-7-17-30(36)33-20-11-4-8-18-31(37)35-22-19-28(24-35)42-43(39)40/h2,5-6,9-10,13-16,28-29H,3-4,7-8,11-12,17-24H2,1H3,(H2-,33,34,36,38,39,40)/p+1/t28-,29?/m1/s1. The van der Waals surface area contributed by atoms with Crippen LogP contribution in [0.2, 0.25) is 0 Å². The summed E-state index contributed by atoms with van der Waals surface area (Å²) in [7, 11) is -2.64. The first-order valence-electron chi connectivity index (χ1n) is 15.2. The molecule has 1 fully saturated rings. The predicted molar refractivity (Wildman–Crippen MR) is 164 cm³/mol. The molecule has 0 radical (unpaired) electrons. The van der Waals surface area contributed by atoms with E-state index in [1.807, 2.05) is 42.5 Å². The first kappa shape index (κ1) is 34.2. The Hall–Kier alpha value is -3.33. The summed E-state index contributed by atoms with van der Waals surface area (Å²) in [6.07, 6.45) is 5.52. The highest BCUT2D eigenvalue weighted by atomic mass is 31.1. The molecular formula is C32H45N3O7P+. The van der Waals surface area contributed by atoms with Crippen molar-refractivity contribution in [2.24, 2.45) is 0 Å². The second kappa shape index (κ2) is 19.1. The molecule has 3 atom stereocenters. The highest BCUT2D eigenvalue weighted by molar-refractivity contribution is 7.32. The number of amides is 3. The molecule has 3 N–H and O–H groups in total. The van der Waals surface area contributed by atoms with Crippen molar-refractivity contribution < 1.29 is 33.1 Å². The molecule has 0 saturated carbocycles. The molecule has 2 unspecified atom stereocenters. The number of unbranched alkanes of at least 4 members (excludes halogenated alkanes) is 4. The molecule has 11 heteroatoms. The van der Waals surface area contributed by atoms with Crippen LogP contribution in [0.15, 0.2) is 54.6 Å². The zero-order valence-electron chi connectivity index (χ0n) is 25.0. The van der Waals surface area contributed by atoms with E-state index in [2.05, 4.69) is 29.7 Å². The number of carbonyl (C=O) groups is 3. The van der Waals surface area contributed by atoms with Crippen molar-refractivity contribution in [2.75, 3.05) is 26.2 Å². The molecule has 2 aromatic carbocycles. The van der Waals surface area contributed by atoms with E-state index in [0.29, 0.717) is 51.9 Å². The number of carbonyl (C=O) groups excluding carboxylic acids is 3. The van der Waals surface area contributed by atoms with Gasteiger partial charge in [-0.1, -0.05) is 67.4 Å². The molecule has 234 valence electrons. The van der Waals surface area contributed by atoms with Gasteiger partial charge in [-0.15, -0.1) is 9.42 Å². The van der Waals surface area contributed by atoms with Gasteiger partial charge in [0.15, 0.2) is 0 Å². The molecule has 2 aromatic rings. The molecule has 3 rings (SSSR count). The minimum atomic E-state index is -2.64. The molecule has 1 saturated heterocycles. The lowest BCUT2D eigenvalue weighted by atomic mass is 9.98. The monoisotopic (exact) mass is 614 g/mol. The maximum atomic E-state index is 12.5.